The van der Waals surface area contributed by atoms with Gasteiger partial charge in [0.1, 0.15) is 17.7 Å². The summed E-state index contributed by atoms with van der Waals surface area (Å²) >= 11 is 0. The van der Waals surface area contributed by atoms with Crippen molar-refractivity contribution in [1.29, 1.82) is 5.26 Å². The normalized spacial score (nSPS) is 11.9. The predicted octanol–water partition coefficient (Wildman–Crippen LogP) is 4.28. The van der Waals surface area contributed by atoms with Gasteiger partial charge in [0.2, 0.25) is 0 Å². The number of nitriles is 1. The zero-order valence-electron chi connectivity index (χ0n) is 19.6. The van der Waals surface area contributed by atoms with Crippen LogP contribution >= 0.6 is 0 Å². The molecule has 0 amide bonds. The molecular weight excluding hydrogens is 450 g/mol. The van der Waals surface area contributed by atoms with Crippen molar-refractivity contribution in [3.05, 3.63) is 116 Å². The number of halogens is 2. The second kappa shape index (κ2) is 9.65. The van der Waals surface area contributed by atoms with Crippen LogP contribution in [0.25, 0.3) is 5.69 Å². The van der Waals surface area contributed by atoms with Gasteiger partial charge in [-0.1, -0.05) is 12.1 Å². The van der Waals surface area contributed by atoms with Crippen LogP contribution in [0.15, 0.2) is 59.9 Å². The van der Waals surface area contributed by atoms with E-state index in [1.807, 2.05) is 48.9 Å². The largest absolute Gasteiger partial charge is 0.394 e. The third-order valence-electron chi connectivity index (χ3n) is 6.09. The molecular formula is C27H24F2N4O2. The molecule has 0 aliphatic heterocycles. The van der Waals surface area contributed by atoms with Crippen LogP contribution in [-0.2, 0) is 6.42 Å². The van der Waals surface area contributed by atoms with Gasteiger partial charge >= 0.3 is 0 Å². The van der Waals surface area contributed by atoms with Crippen LogP contribution in [0.5, 0.6) is 0 Å². The zero-order chi connectivity index (χ0) is 25.3. The van der Waals surface area contributed by atoms with Crippen LogP contribution in [0, 0.1) is 43.7 Å². The molecule has 1 N–H and O–H groups in total. The van der Waals surface area contributed by atoms with Crippen molar-refractivity contribution in [1.82, 2.24) is 14.1 Å². The Morgan fingerprint density at radius 1 is 1.09 bits per heavy atom. The molecule has 4 rings (SSSR count). The topological polar surface area (TPSA) is 83.8 Å². The van der Waals surface area contributed by atoms with E-state index in [1.165, 1.54) is 23.8 Å². The Kier molecular flexibility index (Phi) is 6.63. The van der Waals surface area contributed by atoms with Crippen LogP contribution in [0.4, 0.5) is 8.78 Å². The van der Waals surface area contributed by atoms with E-state index in [-0.39, 0.29) is 23.1 Å². The first-order chi connectivity index (χ1) is 16.7. The van der Waals surface area contributed by atoms with E-state index in [1.54, 1.807) is 6.33 Å². The SMILES string of the molecule is Cc1cn(-c2ccc(Cc3cc(C#N)cn([C@@H](CO)c4cc(F)c(C)c(F)c4)c3=O)cc2C)cn1. The Hall–Kier alpha value is -4.09. The van der Waals surface area contributed by atoms with E-state index in [4.69, 9.17) is 0 Å². The van der Waals surface area contributed by atoms with Gasteiger partial charge in [0.15, 0.2) is 0 Å². The summed E-state index contributed by atoms with van der Waals surface area (Å²) in [4.78, 5) is 17.6. The van der Waals surface area contributed by atoms with E-state index < -0.39 is 29.8 Å². The Labute approximate surface area is 201 Å². The number of hydrogen-bond acceptors (Lipinski definition) is 4. The number of aryl methyl sites for hydroxylation is 2. The third-order valence-corrected chi connectivity index (χ3v) is 6.09. The number of hydrogen-bond donors (Lipinski definition) is 1. The van der Waals surface area contributed by atoms with Crippen molar-refractivity contribution in [2.24, 2.45) is 0 Å². The maximum Gasteiger partial charge on any atom is 0.254 e. The van der Waals surface area contributed by atoms with Gasteiger partial charge in [0.25, 0.3) is 5.56 Å². The molecule has 0 saturated carbocycles. The summed E-state index contributed by atoms with van der Waals surface area (Å²) < 4.78 is 31.5. The third kappa shape index (κ3) is 4.77. The zero-order valence-corrected chi connectivity index (χ0v) is 19.6. The molecule has 35 heavy (non-hydrogen) atoms. The molecule has 0 radical (unpaired) electrons. The number of aliphatic hydroxyl groups is 1. The second-order valence-corrected chi connectivity index (χ2v) is 8.61. The average Bonchev–Trinajstić information content (AvgIpc) is 3.26. The van der Waals surface area contributed by atoms with E-state index in [9.17, 15) is 23.9 Å². The van der Waals surface area contributed by atoms with Gasteiger partial charge in [0.05, 0.1) is 30.2 Å². The van der Waals surface area contributed by atoms with E-state index in [0.29, 0.717) is 5.56 Å². The molecule has 2 heterocycles. The van der Waals surface area contributed by atoms with Gasteiger partial charge in [-0.2, -0.15) is 5.26 Å². The molecule has 0 saturated heterocycles. The second-order valence-electron chi connectivity index (χ2n) is 8.61. The van der Waals surface area contributed by atoms with E-state index in [0.717, 1.165) is 34.6 Å². The van der Waals surface area contributed by atoms with E-state index >= 15 is 0 Å². The lowest BCUT2D eigenvalue weighted by atomic mass is 10.0. The Morgan fingerprint density at radius 2 is 1.80 bits per heavy atom. The molecule has 2 aromatic heterocycles. The summed E-state index contributed by atoms with van der Waals surface area (Å²) in [6.45, 7) is 4.60. The minimum Gasteiger partial charge on any atom is -0.394 e. The number of nitrogens with zero attached hydrogens (tertiary/aromatic N) is 4. The van der Waals surface area contributed by atoms with Crippen LogP contribution in [0.3, 0.4) is 0 Å². The lowest BCUT2D eigenvalue weighted by Crippen LogP contribution is -2.30. The lowest BCUT2D eigenvalue weighted by molar-refractivity contribution is 0.246. The smallest absolute Gasteiger partial charge is 0.254 e. The van der Waals surface area contributed by atoms with Crippen molar-refractivity contribution < 1.29 is 13.9 Å². The summed E-state index contributed by atoms with van der Waals surface area (Å²) in [6, 6.07) is 10.5. The number of pyridine rings is 1. The number of benzene rings is 2. The molecule has 0 spiro atoms. The highest BCUT2D eigenvalue weighted by Gasteiger charge is 2.20. The molecule has 4 aromatic rings. The van der Waals surface area contributed by atoms with Crippen molar-refractivity contribution >= 4 is 0 Å². The first kappa shape index (κ1) is 24.0. The molecule has 0 aliphatic carbocycles. The van der Waals surface area contributed by atoms with Gasteiger partial charge in [-0.3, -0.25) is 4.79 Å². The predicted molar refractivity (Wildman–Crippen MR) is 128 cm³/mol. The molecule has 0 bridgehead atoms. The molecule has 2 aromatic carbocycles. The molecule has 0 aliphatic rings. The summed E-state index contributed by atoms with van der Waals surface area (Å²) in [5.74, 6) is -1.54. The van der Waals surface area contributed by atoms with Gasteiger partial charge in [-0.25, -0.2) is 13.8 Å². The molecule has 0 fully saturated rings. The highest BCUT2D eigenvalue weighted by molar-refractivity contribution is 5.44. The molecule has 0 unspecified atom stereocenters. The van der Waals surface area contributed by atoms with Crippen molar-refractivity contribution in [2.45, 2.75) is 33.2 Å². The first-order valence-corrected chi connectivity index (χ1v) is 11.0. The number of rotatable bonds is 6. The van der Waals surface area contributed by atoms with Gasteiger partial charge in [-0.05, 0) is 61.7 Å². The Morgan fingerprint density at radius 3 is 2.37 bits per heavy atom. The summed E-state index contributed by atoms with van der Waals surface area (Å²) in [5, 5.41) is 19.6. The van der Waals surface area contributed by atoms with Crippen LogP contribution in [0.2, 0.25) is 0 Å². The van der Waals surface area contributed by atoms with Crippen LogP contribution in [0.1, 0.15) is 45.1 Å². The fraction of sp³-hybridized carbons (Fsp3) is 0.222. The number of imidazole rings is 1. The fourth-order valence-electron chi connectivity index (χ4n) is 4.18. The van der Waals surface area contributed by atoms with Crippen LogP contribution in [-0.4, -0.2) is 25.8 Å². The van der Waals surface area contributed by atoms with Crippen molar-refractivity contribution in [3.8, 4) is 11.8 Å². The minimum atomic E-state index is -1.05. The monoisotopic (exact) mass is 474 g/mol. The highest BCUT2D eigenvalue weighted by atomic mass is 19.1. The summed E-state index contributed by atoms with van der Waals surface area (Å²) in [7, 11) is 0. The number of aliphatic hydroxyl groups excluding tert-OH is 1. The molecule has 178 valence electrons. The van der Waals surface area contributed by atoms with Crippen molar-refractivity contribution in [2.75, 3.05) is 6.61 Å². The lowest BCUT2D eigenvalue weighted by Gasteiger charge is -2.20. The first-order valence-electron chi connectivity index (χ1n) is 11.0. The maximum absolute atomic E-state index is 14.2. The summed E-state index contributed by atoms with van der Waals surface area (Å²) in [5.41, 5.74) is 3.74. The van der Waals surface area contributed by atoms with Gasteiger partial charge in [-0.15, -0.1) is 0 Å². The quantitative estimate of drug-likeness (QED) is 0.452. The Bertz CT molecular complexity index is 1490. The molecule has 6 nitrogen and oxygen atoms in total. The minimum absolute atomic E-state index is 0.104. The van der Waals surface area contributed by atoms with Crippen LogP contribution < -0.4 is 5.56 Å². The van der Waals surface area contributed by atoms with Gasteiger partial charge in [0, 0.05) is 35.6 Å². The standard InChI is InChI=1S/C27H24F2N4O2/c1-16-6-19(4-5-25(16)32-12-17(2)31-15-32)7-22-8-20(11-30)13-33(27(22)35)26(14-34)21-9-23(28)18(3)24(29)10-21/h4-6,8-10,12-13,15,26,34H,7,14H2,1-3H3/t26-/m0/s1. The van der Waals surface area contributed by atoms with Gasteiger partial charge < -0.3 is 14.2 Å². The Balaban J connectivity index is 1.74. The summed E-state index contributed by atoms with van der Waals surface area (Å²) in [6.07, 6.45) is 5.20. The average molecular weight is 475 g/mol. The van der Waals surface area contributed by atoms with E-state index in [2.05, 4.69) is 4.98 Å². The molecule has 1 atom stereocenters. The fourth-order valence-corrected chi connectivity index (χ4v) is 4.18. The highest BCUT2D eigenvalue weighted by Crippen LogP contribution is 2.23. The maximum atomic E-state index is 14.2. The number of aromatic nitrogens is 3. The van der Waals surface area contributed by atoms with Crippen molar-refractivity contribution in [3.63, 3.8) is 0 Å². The molecule has 8 heteroatoms.